The molecule has 0 bridgehead atoms. The Hall–Kier alpha value is -1.56. The molecule has 19 heavy (non-hydrogen) atoms. The molecule has 106 valence electrons. The molecular weight excluding hydrogens is 257 g/mol. The Morgan fingerprint density at radius 1 is 1.37 bits per heavy atom. The summed E-state index contributed by atoms with van der Waals surface area (Å²) in [5.41, 5.74) is 6.52. The molecule has 0 aromatic heterocycles. The van der Waals surface area contributed by atoms with Gasteiger partial charge in [-0.15, -0.1) is 0 Å². The van der Waals surface area contributed by atoms with Crippen molar-refractivity contribution >= 4 is 5.91 Å². The number of carbonyl (C=O) groups excluding carboxylic acids is 1. The molecule has 1 amide bonds. The van der Waals surface area contributed by atoms with Crippen LogP contribution in [0.3, 0.4) is 0 Å². The van der Waals surface area contributed by atoms with Gasteiger partial charge < -0.3 is 10.6 Å². The van der Waals surface area contributed by atoms with Crippen LogP contribution in [0.25, 0.3) is 0 Å². The molecule has 0 saturated heterocycles. The van der Waals surface area contributed by atoms with Gasteiger partial charge in [0.1, 0.15) is 6.54 Å². The van der Waals surface area contributed by atoms with Crippen molar-refractivity contribution in [3.63, 3.8) is 0 Å². The lowest BCUT2D eigenvalue weighted by Gasteiger charge is -2.22. The number of alkyl halides is 3. The van der Waals surface area contributed by atoms with Crippen LogP contribution in [-0.2, 0) is 6.42 Å². The number of nitrogens with zero attached hydrogens (tertiary/aromatic N) is 1. The first-order valence-corrected chi connectivity index (χ1v) is 6.02. The standard InChI is InChI=1S/C13H17F3N2O/c1-2-18(9-13(14,15)16)12(19)11-5-3-4-10(8-11)6-7-17/h3-5,8H,2,6-7,9,17H2,1H3. The maximum absolute atomic E-state index is 12.4. The number of hydrogen-bond donors (Lipinski definition) is 1. The van der Waals surface area contributed by atoms with E-state index in [1.54, 1.807) is 18.2 Å². The molecule has 0 heterocycles. The number of nitrogens with two attached hydrogens (primary N) is 1. The predicted molar refractivity (Wildman–Crippen MR) is 66.8 cm³/mol. The normalized spacial score (nSPS) is 11.4. The van der Waals surface area contributed by atoms with Crippen molar-refractivity contribution in [2.24, 2.45) is 5.73 Å². The van der Waals surface area contributed by atoms with E-state index in [9.17, 15) is 18.0 Å². The van der Waals surface area contributed by atoms with E-state index in [2.05, 4.69) is 0 Å². The van der Waals surface area contributed by atoms with Gasteiger partial charge in [0, 0.05) is 12.1 Å². The summed E-state index contributed by atoms with van der Waals surface area (Å²) in [6, 6.07) is 6.55. The second-order valence-corrected chi connectivity index (χ2v) is 4.17. The van der Waals surface area contributed by atoms with Crippen molar-refractivity contribution in [1.29, 1.82) is 0 Å². The Morgan fingerprint density at radius 2 is 2.05 bits per heavy atom. The number of amides is 1. The van der Waals surface area contributed by atoms with E-state index in [1.807, 2.05) is 0 Å². The van der Waals surface area contributed by atoms with Gasteiger partial charge in [-0.1, -0.05) is 12.1 Å². The SMILES string of the molecule is CCN(CC(F)(F)F)C(=O)c1cccc(CCN)c1. The first-order valence-electron chi connectivity index (χ1n) is 6.02. The summed E-state index contributed by atoms with van der Waals surface area (Å²) in [5, 5.41) is 0. The summed E-state index contributed by atoms with van der Waals surface area (Å²) in [7, 11) is 0. The fraction of sp³-hybridized carbons (Fsp3) is 0.462. The molecular formula is C13H17F3N2O. The van der Waals surface area contributed by atoms with Crippen LogP contribution in [0.4, 0.5) is 13.2 Å². The fourth-order valence-corrected chi connectivity index (χ4v) is 1.75. The molecule has 0 aliphatic rings. The van der Waals surface area contributed by atoms with Gasteiger partial charge in [0.25, 0.3) is 5.91 Å². The number of hydrogen-bond acceptors (Lipinski definition) is 2. The minimum Gasteiger partial charge on any atom is -0.330 e. The Kier molecular flexibility index (Phi) is 5.35. The zero-order valence-electron chi connectivity index (χ0n) is 10.7. The summed E-state index contributed by atoms with van der Waals surface area (Å²) < 4.78 is 37.1. The molecule has 0 aliphatic carbocycles. The van der Waals surface area contributed by atoms with Crippen molar-refractivity contribution < 1.29 is 18.0 Å². The lowest BCUT2D eigenvalue weighted by molar-refractivity contribution is -0.140. The first kappa shape index (κ1) is 15.5. The van der Waals surface area contributed by atoms with Crippen LogP contribution in [0.1, 0.15) is 22.8 Å². The largest absolute Gasteiger partial charge is 0.406 e. The third kappa shape index (κ3) is 4.90. The maximum Gasteiger partial charge on any atom is 0.406 e. The maximum atomic E-state index is 12.4. The highest BCUT2D eigenvalue weighted by Gasteiger charge is 2.32. The van der Waals surface area contributed by atoms with Crippen LogP contribution in [0.15, 0.2) is 24.3 Å². The third-order valence-corrected chi connectivity index (χ3v) is 2.65. The van der Waals surface area contributed by atoms with Gasteiger partial charge in [-0.05, 0) is 37.6 Å². The van der Waals surface area contributed by atoms with Gasteiger partial charge in [-0.25, -0.2) is 0 Å². The van der Waals surface area contributed by atoms with E-state index in [1.165, 1.54) is 13.0 Å². The molecule has 0 saturated carbocycles. The van der Waals surface area contributed by atoms with Crippen molar-refractivity contribution in [3.8, 4) is 0 Å². The Morgan fingerprint density at radius 3 is 2.58 bits per heavy atom. The van der Waals surface area contributed by atoms with Gasteiger partial charge in [0.2, 0.25) is 0 Å². The molecule has 2 N–H and O–H groups in total. The lowest BCUT2D eigenvalue weighted by Crippen LogP contribution is -2.38. The molecule has 6 heteroatoms. The van der Waals surface area contributed by atoms with E-state index in [0.717, 1.165) is 10.5 Å². The highest BCUT2D eigenvalue weighted by atomic mass is 19.4. The zero-order chi connectivity index (χ0) is 14.5. The quantitative estimate of drug-likeness (QED) is 0.894. The highest BCUT2D eigenvalue weighted by Crippen LogP contribution is 2.18. The number of halogens is 3. The number of rotatable bonds is 5. The van der Waals surface area contributed by atoms with E-state index >= 15 is 0 Å². The van der Waals surface area contributed by atoms with Crippen molar-refractivity contribution in [1.82, 2.24) is 4.90 Å². The summed E-state index contributed by atoms with van der Waals surface area (Å²) in [5.74, 6) is -0.612. The van der Waals surface area contributed by atoms with Crippen LogP contribution >= 0.6 is 0 Å². The minimum absolute atomic E-state index is 0.0134. The Balaban J connectivity index is 2.88. The summed E-state index contributed by atoms with van der Waals surface area (Å²) in [6.45, 7) is 0.730. The third-order valence-electron chi connectivity index (χ3n) is 2.65. The fourth-order valence-electron chi connectivity index (χ4n) is 1.75. The van der Waals surface area contributed by atoms with E-state index < -0.39 is 18.6 Å². The Bertz CT molecular complexity index is 432. The smallest absolute Gasteiger partial charge is 0.330 e. The molecule has 0 atom stereocenters. The lowest BCUT2D eigenvalue weighted by atomic mass is 10.1. The van der Waals surface area contributed by atoms with Crippen LogP contribution in [-0.4, -0.2) is 36.6 Å². The van der Waals surface area contributed by atoms with Crippen LogP contribution in [0.2, 0.25) is 0 Å². The molecule has 0 fully saturated rings. The van der Waals surface area contributed by atoms with E-state index in [4.69, 9.17) is 5.73 Å². The number of benzene rings is 1. The van der Waals surface area contributed by atoms with Gasteiger partial charge >= 0.3 is 6.18 Å². The monoisotopic (exact) mass is 274 g/mol. The average molecular weight is 274 g/mol. The van der Waals surface area contributed by atoms with Crippen LogP contribution in [0.5, 0.6) is 0 Å². The van der Waals surface area contributed by atoms with Crippen LogP contribution in [0, 0.1) is 0 Å². The van der Waals surface area contributed by atoms with Crippen molar-refractivity contribution in [2.45, 2.75) is 19.5 Å². The highest BCUT2D eigenvalue weighted by molar-refractivity contribution is 5.94. The molecule has 3 nitrogen and oxygen atoms in total. The number of carbonyl (C=O) groups is 1. The molecule has 1 aromatic carbocycles. The van der Waals surface area contributed by atoms with Gasteiger partial charge in [-0.3, -0.25) is 4.79 Å². The summed E-state index contributed by atoms with van der Waals surface area (Å²) in [6.07, 6.45) is -3.80. The van der Waals surface area contributed by atoms with Gasteiger partial charge in [0.15, 0.2) is 0 Å². The minimum atomic E-state index is -4.39. The second kappa shape index (κ2) is 6.56. The average Bonchev–Trinajstić information content (AvgIpc) is 2.35. The topological polar surface area (TPSA) is 46.3 Å². The molecule has 1 aromatic rings. The van der Waals surface area contributed by atoms with Crippen molar-refractivity contribution in [3.05, 3.63) is 35.4 Å². The second-order valence-electron chi connectivity index (χ2n) is 4.17. The molecule has 0 radical (unpaired) electrons. The molecule has 0 aliphatic heterocycles. The summed E-state index contributed by atoms with van der Waals surface area (Å²) in [4.78, 5) is 12.8. The van der Waals surface area contributed by atoms with E-state index in [-0.39, 0.29) is 12.1 Å². The molecule has 0 spiro atoms. The predicted octanol–water partition coefficient (Wildman–Crippen LogP) is 2.21. The Labute approximate surface area is 110 Å². The summed E-state index contributed by atoms with van der Waals surface area (Å²) >= 11 is 0. The molecule has 1 rings (SSSR count). The van der Waals surface area contributed by atoms with Crippen LogP contribution < -0.4 is 5.73 Å². The first-order chi connectivity index (χ1) is 8.87. The van der Waals surface area contributed by atoms with Crippen molar-refractivity contribution in [2.75, 3.05) is 19.6 Å². The van der Waals surface area contributed by atoms with Gasteiger partial charge in [-0.2, -0.15) is 13.2 Å². The van der Waals surface area contributed by atoms with E-state index in [0.29, 0.717) is 13.0 Å². The zero-order valence-corrected chi connectivity index (χ0v) is 10.7. The molecule has 0 unspecified atom stereocenters. The van der Waals surface area contributed by atoms with Gasteiger partial charge in [0.05, 0.1) is 0 Å².